The van der Waals surface area contributed by atoms with Gasteiger partial charge in [0.2, 0.25) is 5.79 Å². The van der Waals surface area contributed by atoms with Crippen molar-refractivity contribution in [1.29, 1.82) is 0 Å². The topological polar surface area (TPSA) is 46.5 Å². The highest BCUT2D eigenvalue weighted by Crippen LogP contribution is 2.34. The molecule has 14 heavy (non-hydrogen) atoms. The van der Waals surface area contributed by atoms with E-state index in [1.165, 1.54) is 0 Å². The van der Waals surface area contributed by atoms with E-state index in [-0.39, 0.29) is 5.92 Å². The molecular formula is C11H18O3. The van der Waals surface area contributed by atoms with Crippen LogP contribution in [0.4, 0.5) is 0 Å². The van der Waals surface area contributed by atoms with Crippen LogP contribution < -0.4 is 0 Å². The van der Waals surface area contributed by atoms with Crippen LogP contribution in [0.5, 0.6) is 0 Å². The van der Waals surface area contributed by atoms with Gasteiger partial charge in [-0.25, -0.2) is 4.79 Å². The zero-order chi connectivity index (χ0) is 10.8. The summed E-state index contributed by atoms with van der Waals surface area (Å²) >= 11 is 0. The van der Waals surface area contributed by atoms with Gasteiger partial charge in [0, 0.05) is 17.9 Å². The zero-order valence-electron chi connectivity index (χ0n) is 8.88. The fraction of sp³-hybridized carbons (Fsp3) is 0.727. The van der Waals surface area contributed by atoms with Gasteiger partial charge in [0.05, 0.1) is 0 Å². The molecule has 0 saturated heterocycles. The first kappa shape index (κ1) is 11.2. The minimum atomic E-state index is -1.27. The third kappa shape index (κ3) is 2.35. The molecule has 0 aliphatic heterocycles. The summed E-state index contributed by atoms with van der Waals surface area (Å²) in [6.07, 6.45) is 3.44. The summed E-state index contributed by atoms with van der Waals surface area (Å²) in [7, 11) is 0. The minimum absolute atomic E-state index is 0.0135. The van der Waals surface area contributed by atoms with Crippen LogP contribution in [0.2, 0.25) is 0 Å². The van der Waals surface area contributed by atoms with Crippen LogP contribution >= 0.6 is 0 Å². The van der Waals surface area contributed by atoms with Crippen molar-refractivity contribution in [2.75, 3.05) is 0 Å². The molecule has 1 rings (SSSR count). The van der Waals surface area contributed by atoms with E-state index in [1.807, 2.05) is 6.92 Å². The molecule has 0 radical (unpaired) electrons. The van der Waals surface area contributed by atoms with Crippen LogP contribution in [0.15, 0.2) is 12.2 Å². The maximum absolute atomic E-state index is 11.3. The number of rotatable bonds is 2. The minimum Gasteiger partial charge on any atom is -0.430 e. The van der Waals surface area contributed by atoms with Crippen molar-refractivity contribution in [3.63, 3.8) is 0 Å². The highest BCUT2D eigenvalue weighted by molar-refractivity contribution is 5.87. The Bertz CT molecular complexity index is 247. The Balaban J connectivity index is 2.64. The quantitative estimate of drug-likeness (QED) is 0.419. The smallest absolute Gasteiger partial charge is 0.335 e. The molecule has 0 aromatic rings. The van der Waals surface area contributed by atoms with Gasteiger partial charge in [-0.2, -0.15) is 0 Å². The molecule has 1 N–H and O–H groups in total. The van der Waals surface area contributed by atoms with Gasteiger partial charge in [0.1, 0.15) is 0 Å². The molecule has 0 bridgehead atoms. The number of esters is 1. The second-order valence-electron chi connectivity index (χ2n) is 4.16. The normalized spacial score (nSPS) is 32.4. The lowest BCUT2D eigenvalue weighted by molar-refractivity contribution is -0.236. The van der Waals surface area contributed by atoms with Crippen molar-refractivity contribution in [1.82, 2.24) is 0 Å². The van der Waals surface area contributed by atoms with Gasteiger partial charge in [-0.3, -0.25) is 0 Å². The third-order valence-corrected chi connectivity index (χ3v) is 2.81. The highest BCUT2D eigenvalue weighted by atomic mass is 16.7. The first-order valence-electron chi connectivity index (χ1n) is 5.07. The van der Waals surface area contributed by atoms with Crippen LogP contribution in [-0.4, -0.2) is 16.9 Å². The van der Waals surface area contributed by atoms with Crippen LogP contribution in [0, 0.1) is 5.92 Å². The molecule has 3 heteroatoms. The Labute approximate surface area is 84.8 Å². The summed E-state index contributed by atoms with van der Waals surface area (Å²) in [6.45, 7) is 6.98. The summed E-state index contributed by atoms with van der Waals surface area (Å²) in [5.74, 6) is -1.75. The number of hydrogen-bond donors (Lipinski definition) is 1. The molecule has 0 heterocycles. The Kier molecular flexibility index (Phi) is 3.32. The van der Waals surface area contributed by atoms with Crippen LogP contribution in [0.25, 0.3) is 0 Å². The molecule has 3 nitrogen and oxygen atoms in total. The lowest BCUT2D eigenvalue weighted by Crippen LogP contribution is -2.43. The summed E-state index contributed by atoms with van der Waals surface area (Å²) in [5.41, 5.74) is 0.330. The fourth-order valence-electron chi connectivity index (χ4n) is 1.70. The maximum atomic E-state index is 11.3. The third-order valence-electron chi connectivity index (χ3n) is 2.81. The van der Waals surface area contributed by atoms with E-state index < -0.39 is 11.8 Å². The number of carbonyl (C=O) groups excluding carboxylic acids is 1. The van der Waals surface area contributed by atoms with E-state index in [4.69, 9.17) is 4.74 Å². The van der Waals surface area contributed by atoms with Crippen molar-refractivity contribution in [3.05, 3.63) is 12.2 Å². The summed E-state index contributed by atoms with van der Waals surface area (Å²) in [6, 6.07) is 0. The number of ether oxygens (including phenoxy) is 1. The van der Waals surface area contributed by atoms with Crippen LogP contribution in [-0.2, 0) is 9.53 Å². The monoisotopic (exact) mass is 198 g/mol. The molecule has 0 spiro atoms. The highest BCUT2D eigenvalue weighted by Gasteiger charge is 2.39. The molecule has 1 saturated carbocycles. The second kappa shape index (κ2) is 4.13. The Morgan fingerprint density at radius 3 is 2.71 bits per heavy atom. The summed E-state index contributed by atoms with van der Waals surface area (Å²) in [4.78, 5) is 11.3. The van der Waals surface area contributed by atoms with Crippen LogP contribution in [0.3, 0.4) is 0 Å². The molecule has 2 atom stereocenters. The molecule has 0 aromatic carbocycles. The lowest BCUT2D eigenvalue weighted by Gasteiger charge is -2.37. The number of carbonyl (C=O) groups is 1. The summed E-state index contributed by atoms with van der Waals surface area (Å²) < 4.78 is 5.07. The van der Waals surface area contributed by atoms with E-state index in [2.05, 4.69) is 6.58 Å². The van der Waals surface area contributed by atoms with Crippen molar-refractivity contribution in [2.45, 2.75) is 45.3 Å². The average Bonchev–Trinajstić information content (AvgIpc) is 2.10. The number of aliphatic hydroxyl groups is 1. The maximum Gasteiger partial charge on any atom is 0.335 e. The van der Waals surface area contributed by atoms with Gasteiger partial charge in [-0.1, -0.05) is 19.9 Å². The first-order valence-corrected chi connectivity index (χ1v) is 5.07. The largest absolute Gasteiger partial charge is 0.430 e. The van der Waals surface area contributed by atoms with Crippen LogP contribution in [0.1, 0.15) is 39.5 Å². The predicted molar refractivity (Wildman–Crippen MR) is 53.5 cm³/mol. The fourth-order valence-corrected chi connectivity index (χ4v) is 1.70. The number of hydrogen-bond acceptors (Lipinski definition) is 3. The average molecular weight is 198 g/mol. The van der Waals surface area contributed by atoms with E-state index in [0.717, 1.165) is 19.3 Å². The molecular weight excluding hydrogens is 180 g/mol. The Morgan fingerprint density at radius 2 is 2.21 bits per heavy atom. The van der Waals surface area contributed by atoms with Gasteiger partial charge >= 0.3 is 5.97 Å². The van der Waals surface area contributed by atoms with E-state index in [0.29, 0.717) is 12.0 Å². The van der Waals surface area contributed by atoms with Crippen molar-refractivity contribution < 1.29 is 14.6 Å². The van der Waals surface area contributed by atoms with Gasteiger partial charge in [0.25, 0.3) is 0 Å². The predicted octanol–water partition coefficient (Wildman–Crippen LogP) is 2.00. The summed E-state index contributed by atoms with van der Waals surface area (Å²) in [5, 5.41) is 10.1. The Morgan fingerprint density at radius 1 is 1.57 bits per heavy atom. The molecule has 0 amide bonds. The van der Waals surface area contributed by atoms with Gasteiger partial charge in [-0.15, -0.1) is 0 Å². The SMILES string of the molecule is C=C(C)C(=O)OC1(O)CCCCC1C. The molecule has 80 valence electrons. The van der Waals surface area contributed by atoms with E-state index >= 15 is 0 Å². The van der Waals surface area contributed by atoms with Gasteiger partial charge < -0.3 is 9.84 Å². The van der Waals surface area contributed by atoms with Gasteiger partial charge in [0.15, 0.2) is 0 Å². The first-order chi connectivity index (χ1) is 6.46. The molecule has 1 aliphatic rings. The molecule has 1 aliphatic carbocycles. The van der Waals surface area contributed by atoms with E-state index in [9.17, 15) is 9.90 Å². The van der Waals surface area contributed by atoms with Gasteiger partial charge in [-0.05, 0) is 19.8 Å². The molecule has 1 fully saturated rings. The molecule has 2 unspecified atom stereocenters. The molecule has 0 aromatic heterocycles. The standard InChI is InChI=1S/C11H18O3/c1-8(2)10(12)14-11(13)7-5-4-6-9(11)3/h9,13H,1,4-7H2,2-3H3. The lowest BCUT2D eigenvalue weighted by atomic mass is 9.84. The van der Waals surface area contributed by atoms with Crippen molar-refractivity contribution in [2.24, 2.45) is 5.92 Å². The van der Waals surface area contributed by atoms with Crippen molar-refractivity contribution in [3.8, 4) is 0 Å². The Hall–Kier alpha value is -0.830. The second-order valence-corrected chi connectivity index (χ2v) is 4.16. The zero-order valence-corrected chi connectivity index (χ0v) is 8.88. The van der Waals surface area contributed by atoms with Crippen molar-refractivity contribution >= 4 is 5.97 Å². The van der Waals surface area contributed by atoms with E-state index in [1.54, 1.807) is 6.92 Å².